The molecule has 0 radical (unpaired) electrons. The Morgan fingerprint density at radius 3 is 2.57 bits per heavy atom. The number of rotatable bonds is 4. The van der Waals surface area contributed by atoms with Crippen molar-refractivity contribution < 1.29 is 9.72 Å². The third-order valence-electron chi connectivity index (χ3n) is 2.91. The molecule has 0 aliphatic heterocycles. The summed E-state index contributed by atoms with van der Waals surface area (Å²) in [6.07, 6.45) is 0. The molecule has 0 aliphatic rings. The van der Waals surface area contributed by atoms with E-state index in [0.717, 1.165) is 10.2 Å². The number of non-ortho nitro benzene ring substituents is 1. The summed E-state index contributed by atoms with van der Waals surface area (Å²) in [5, 5.41) is 13.7. The Balaban J connectivity index is 1.57. The number of urea groups is 1. The first-order valence-electron chi connectivity index (χ1n) is 6.55. The van der Waals surface area contributed by atoms with Crippen LogP contribution in [0.15, 0.2) is 48.5 Å². The molecule has 0 bridgehead atoms. The Morgan fingerprint density at radius 1 is 1.13 bits per heavy atom. The summed E-state index contributed by atoms with van der Waals surface area (Å²) in [5.74, 6) is 0. The largest absolute Gasteiger partial charge is 0.337 e. The van der Waals surface area contributed by atoms with Crippen molar-refractivity contribution >= 4 is 44.1 Å². The minimum absolute atomic E-state index is 0.0384. The molecule has 116 valence electrons. The van der Waals surface area contributed by atoms with Gasteiger partial charge in [-0.15, -0.1) is 0 Å². The first kappa shape index (κ1) is 14.7. The van der Waals surface area contributed by atoms with E-state index < -0.39 is 11.0 Å². The van der Waals surface area contributed by atoms with Crippen LogP contribution in [0.2, 0.25) is 0 Å². The van der Waals surface area contributed by atoms with E-state index in [1.54, 1.807) is 0 Å². The van der Waals surface area contributed by atoms with E-state index in [-0.39, 0.29) is 5.69 Å². The number of hydrogen-bond acceptors (Lipinski definition) is 6. The number of nitrogens with one attached hydrogen (secondary N) is 3. The number of aromatic nitrogens is 1. The summed E-state index contributed by atoms with van der Waals surface area (Å²) in [6, 6.07) is 12.7. The van der Waals surface area contributed by atoms with Gasteiger partial charge in [-0.25, -0.2) is 15.2 Å². The highest BCUT2D eigenvalue weighted by Crippen LogP contribution is 2.24. The number of hydrazine groups is 1. The molecular formula is C14H11N5O3S. The lowest BCUT2D eigenvalue weighted by atomic mass is 10.3. The number of para-hydroxylation sites is 1. The maximum Gasteiger partial charge on any atom is 0.337 e. The number of nitrogens with zero attached hydrogens (tertiary/aromatic N) is 2. The van der Waals surface area contributed by atoms with Gasteiger partial charge in [0.05, 0.1) is 15.1 Å². The van der Waals surface area contributed by atoms with Crippen molar-refractivity contribution in [3.05, 3.63) is 58.6 Å². The molecule has 0 saturated carbocycles. The highest BCUT2D eigenvalue weighted by atomic mass is 32.1. The highest BCUT2D eigenvalue weighted by Gasteiger charge is 2.07. The van der Waals surface area contributed by atoms with Crippen molar-refractivity contribution in [1.29, 1.82) is 0 Å². The number of nitro benzene ring substituents is 1. The van der Waals surface area contributed by atoms with E-state index >= 15 is 0 Å². The summed E-state index contributed by atoms with van der Waals surface area (Å²) < 4.78 is 1.01. The maximum atomic E-state index is 11.8. The predicted octanol–water partition coefficient (Wildman–Crippen LogP) is 3.35. The van der Waals surface area contributed by atoms with Gasteiger partial charge in [0, 0.05) is 17.8 Å². The van der Waals surface area contributed by atoms with Gasteiger partial charge in [-0.3, -0.25) is 15.5 Å². The lowest BCUT2D eigenvalue weighted by molar-refractivity contribution is -0.384. The minimum atomic E-state index is -0.502. The molecule has 3 rings (SSSR count). The van der Waals surface area contributed by atoms with Crippen LogP contribution in [-0.2, 0) is 0 Å². The molecule has 0 saturated heterocycles. The van der Waals surface area contributed by atoms with Crippen molar-refractivity contribution in [1.82, 2.24) is 10.4 Å². The average molecular weight is 329 g/mol. The van der Waals surface area contributed by atoms with E-state index in [0.29, 0.717) is 10.8 Å². The molecule has 2 amide bonds. The van der Waals surface area contributed by atoms with Gasteiger partial charge < -0.3 is 5.32 Å². The third-order valence-corrected chi connectivity index (χ3v) is 3.86. The number of benzene rings is 2. The van der Waals surface area contributed by atoms with E-state index in [9.17, 15) is 14.9 Å². The average Bonchev–Trinajstić information content (AvgIpc) is 2.96. The zero-order valence-electron chi connectivity index (χ0n) is 11.6. The molecule has 1 aromatic heterocycles. The van der Waals surface area contributed by atoms with Gasteiger partial charge in [0.15, 0.2) is 0 Å². The fourth-order valence-corrected chi connectivity index (χ4v) is 2.68. The maximum absolute atomic E-state index is 11.8. The van der Waals surface area contributed by atoms with Crippen LogP contribution in [0, 0.1) is 10.1 Å². The van der Waals surface area contributed by atoms with E-state index in [1.165, 1.54) is 35.6 Å². The normalized spacial score (nSPS) is 10.3. The predicted molar refractivity (Wildman–Crippen MR) is 88.5 cm³/mol. The summed E-state index contributed by atoms with van der Waals surface area (Å²) in [7, 11) is 0. The van der Waals surface area contributed by atoms with Crippen molar-refractivity contribution in [2.24, 2.45) is 0 Å². The molecule has 0 atom stereocenters. The molecule has 3 N–H and O–H groups in total. The van der Waals surface area contributed by atoms with Crippen molar-refractivity contribution in [3.63, 3.8) is 0 Å². The van der Waals surface area contributed by atoms with Gasteiger partial charge in [0.25, 0.3) is 5.69 Å². The molecule has 2 aromatic carbocycles. The topological polar surface area (TPSA) is 109 Å². The van der Waals surface area contributed by atoms with Crippen LogP contribution in [0.5, 0.6) is 0 Å². The van der Waals surface area contributed by atoms with Gasteiger partial charge in [-0.2, -0.15) is 0 Å². The van der Waals surface area contributed by atoms with Crippen LogP contribution in [-0.4, -0.2) is 15.9 Å². The van der Waals surface area contributed by atoms with Gasteiger partial charge in [0.1, 0.15) is 0 Å². The first-order chi connectivity index (χ1) is 11.1. The Bertz CT molecular complexity index is 829. The minimum Gasteiger partial charge on any atom is -0.307 e. The van der Waals surface area contributed by atoms with Crippen molar-refractivity contribution in [3.8, 4) is 0 Å². The van der Waals surface area contributed by atoms with Crippen LogP contribution in [0.3, 0.4) is 0 Å². The molecule has 8 nitrogen and oxygen atoms in total. The summed E-state index contributed by atoms with van der Waals surface area (Å²) in [5.41, 5.74) is 6.43. The second-order valence-electron chi connectivity index (χ2n) is 4.49. The number of nitro groups is 1. The number of amides is 2. The SMILES string of the molecule is O=C(NNc1nc2ccccc2s1)Nc1ccc([N+](=O)[O-])cc1. The number of thiazole rings is 1. The van der Waals surface area contributed by atoms with Crippen molar-refractivity contribution in [2.45, 2.75) is 0 Å². The smallest absolute Gasteiger partial charge is 0.307 e. The quantitative estimate of drug-likeness (QED) is 0.502. The van der Waals surface area contributed by atoms with Crippen LogP contribution >= 0.6 is 11.3 Å². The molecule has 1 heterocycles. The second kappa shape index (κ2) is 6.28. The highest BCUT2D eigenvalue weighted by molar-refractivity contribution is 7.22. The lowest BCUT2D eigenvalue weighted by Crippen LogP contribution is -2.33. The van der Waals surface area contributed by atoms with Crippen LogP contribution < -0.4 is 16.2 Å². The van der Waals surface area contributed by atoms with Gasteiger partial charge in [-0.05, 0) is 24.3 Å². The zero-order valence-corrected chi connectivity index (χ0v) is 12.5. The van der Waals surface area contributed by atoms with Gasteiger partial charge in [-0.1, -0.05) is 23.5 Å². The second-order valence-corrected chi connectivity index (χ2v) is 5.53. The van der Waals surface area contributed by atoms with E-state index in [4.69, 9.17) is 0 Å². The summed E-state index contributed by atoms with van der Waals surface area (Å²) in [6.45, 7) is 0. The fraction of sp³-hybridized carbons (Fsp3) is 0. The van der Waals surface area contributed by atoms with Crippen LogP contribution in [0.1, 0.15) is 0 Å². The number of carbonyl (C=O) groups excluding carboxylic acids is 1. The molecular weight excluding hydrogens is 318 g/mol. The van der Waals surface area contributed by atoms with Crippen LogP contribution in [0.4, 0.5) is 21.3 Å². The number of anilines is 2. The van der Waals surface area contributed by atoms with E-state index in [2.05, 4.69) is 21.2 Å². The molecule has 3 aromatic rings. The molecule has 0 unspecified atom stereocenters. The first-order valence-corrected chi connectivity index (χ1v) is 7.36. The standard InChI is InChI=1S/C14H11N5O3S/c20-13(15-9-5-7-10(8-6-9)19(21)22)17-18-14-16-11-3-1-2-4-12(11)23-14/h1-8H,(H,16,18)(H2,15,17,20). The molecule has 23 heavy (non-hydrogen) atoms. The summed E-state index contributed by atoms with van der Waals surface area (Å²) >= 11 is 1.41. The van der Waals surface area contributed by atoms with E-state index in [1.807, 2.05) is 24.3 Å². The Kier molecular flexibility index (Phi) is 4.02. The molecule has 9 heteroatoms. The monoisotopic (exact) mass is 329 g/mol. The molecule has 0 spiro atoms. The van der Waals surface area contributed by atoms with Crippen LogP contribution in [0.25, 0.3) is 10.2 Å². The van der Waals surface area contributed by atoms with Gasteiger partial charge in [0.2, 0.25) is 5.13 Å². The van der Waals surface area contributed by atoms with Gasteiger partial charge >= 0.3 is 6.03 Å². The number of carbonyl (C=O) groups is 1. The fourth-order valence-electron chi connectivity index (χ4n) is 1.86. The lowest BCUT2D eigenvalue weighted by Gasteiger charge is -2.07. The Labute approximate surface area is 134 Å². The zero-order chi connectivity index (χ0) is 16.2. The molecule has 0 aliphatic carbocycles. The number of fused-ring (bicyclic) bond motifs is 1. The summed E-state index contributed by atoms with van der Waals surface area (Å²) in [4.78, 5) is 26.1. The third kappa shape index (κ3) is 3.52. The number of hydrogen-bond donors (Lipinski definition) is 3. The Hall–Kier alpha value is -3.20. The van der Waals surface area contributed by atoms with Crippen molar-refractivity contribution in [2.75, 3.05) is 10.7 Å². The molecule has 0 fully saturated rings. The Morgan fingerprint density at radius 2 is 1.87 bits per heavy atom.